The number of rotatable bonds is 3. The van der Waals surface area contributed by atoms with Crippen LogP contribution in [0.25, 0.3) is 0 Å². The summed E-state index contributed by atoms with van der Waals surface area (Å²) in [6.07, 6.45) is 3.46. The SMILES string of the molecule is Cc1ccc(S)cc1C(=O)N(C)Cc1ccncc1. The summed E-state index contributed by atoms with van der Waals surface area (Å²) >= 11 is 4.28. The summed E-state index contributed by atoms with van der Waals surface area (Å²) in [4.78, 5) is 18.9. The molecular formula is C15H16N2OS. The van der Waals surface area contributed by atoms with Gasteiger partial charge in [0.1, 0.15) is 0 Å². The predicted octanol–water partition coefficient (Wildman–Crippen LogP) is 2.95. The van der Waals surface area contributed by atoms with Gasteiger partial charge in [0.05, 0.1) is 0 Å². The summed E-state index contributed by atoms with van der Waals surface area (Å²) in [5.41, 5.74) is 2.72. The van der Waals surface area contributed by atoms with Gasteiger partial charge in [-0.1, -0.05) is 6.07 Å². The first-order valence-electron chi connectivity index (χ1n) is 6.02. The molecule has 0 saturated heterocycles. The molecule has 19 heavy (non-hydrogen) atoms. The number of benzene rings is 1. The molecule has 0 aliphatic rings. The molecule has 0 saturated carbocycles. The van der Waals surface area contributed by atoms with E-state index in [9.17, 15) is 4.79 Å². The molecule has 2 aromatic rings. The van der Waals surface area contributed by atoms with Crippen LogP contribution in [-0.4, -0.2) is 22.8 Å². The van der Waals surface area contributed by atoms with Gasteiger partial charge >= 0.3 is 0 Å². The molecule has 0 aliphatic carbocycles. The van der Waals surface area contributed by atoms with Crippen LogP contribution in [0.3, 0.4) is 0 Å². The molecule has 3 nitrogen and oxygen atoms in total. The number of carbonyl (C=O) groups excluding carboxylic acids is 1. The van der Waals surface area contributed by atoms with Gasteiger partial charge in [-0.2, -0.15) is 0 Å². The molecule has 0 spiro atoms. The van der Waals surface area contributed by atoms with Crippen molar-refractivity contribution in [2.45, 2.75) is 18.4 Å². The predicted molar refractivity (Wildman–Crippen MR) is 78.5 cm³/mol. The first-order chi connectivity index (χ1) is 9.08. The fourth-order valence-corrected chi connectivity index (χ4v) is 2.08. The van der Waals surface area contributed by atoms with Crippen molar-refractivity contribution in [2.75, 3.05) is 7.05 Å². The zero-order valence-corrected chi connectivity index (χ0v) is 11.9. The molecule has 0 radical (unpaired) electrons. The van der Waals surface area contributed by atoms with Gasteiger partial charge in [0.15, 0.2) is 0 Å². The van der Waals surface area contributed by atoms with Crippen molar-refractivity contribution in [1.82, 2.24) is 9.88 Å². The van der Waals surface area contributed by atoms with Gasteiger partial charge in [0, 0.05) is 36.4 Å². The number of amides is 1. The molecule has 0 aliphatic heterocycles. The Morgan fingerprint density at radius 3 is 2.63 bits per heavy atom. The summed E-state index contributed by atoms with van der Waals surface area (Å²) in [5, 5.41) is 0. The van der Waals surface area contributed by atoms with Crippen molar-refractivity contribution in [3.63, 3.8) is 0 Å². The van der Waals surface area contributed by atoms with Crippen LogP contribution in [0.2, 0.25) is 0 Å². The van der Waals surface area contributed by atoms with Gasteiger partial charge in [-0.25, -0.2) is 0 Å². The van der Waals surface area contributed by atoms with Crippen molar-refractivity contribution < 1.29 is 4.79 Å². The first-order valence-corrected chi connectivity index (χ1v) is 6.46. The molecule has 0 atom stereocenters. The van der Waals surface area contributed by atoms with Gasteiger partial charge < -0.3 is 4.90 Å². The third kappa shape index (κ3) is 3.35. The maximum absolute atomic E-state index is 12.4. The van der Waals surface area contributed by atoms with Crippen LogP contribution in [-0.2, 0) is 6.54 Å². The number of pyridine rings is 1. The second-order valence-corrected chi connectivity index (χ2v) is 5.03. The molecular weight excluding hydrogens is 256 g/mol. The van der Waals surface area contributed by atoms with Gasteiger partial charge in [-0.15, -0.1) is 12.6 Å². The number of aromatic nitrogens is 1. The molecule has 2 rings (SSSR count). The van der Waals surface area contributed by atoms with E-state index in [2.05, 4.69) is 17.6 Å². The zero-order chi connectivity index (χ0) is 13.8. The monoisotopic (exact) mass is 272 g/mol. The molecule has 0 unspecified atom stereocenters. The lowest BCUT2D eigenvalue weighted by Crippen LogP contribution is -2.26. The standard InChI is InChI=1S/C15H16N2OS/c1-11-3-4-13(19)9-14(11)15(18)17(2)10-12-5-7-16-8-6-12/h3-9,19H,10H2,1-2H3. The van der Waals surface area contributed by atoms with Crippen LogP contribution < -0.4 is 0 Å². The Balaban J connectivity index is 2.17. The third-order valence-electron chi connectivity index (χ3n) is 2.97. The lowest BCUT2D eigenvalue weighted by atomic mass is 10.1. The van der Waals surface area contributed by atoms with Crippen LogP contribution in [0.4, 0.5) is 0 Å². The Labute approximate surface area is 118 Å². The quantitative estimate of drug-likeness (QED) is 0.871. The Hall–Kier alpha value is -1.81. The van der Waals surface area contributed by atoms with Crippen LogP contribution in [0.5, 0.6) is 0 Å². The normalized spacial score (nSPS) is 10.3. The van der Waals surface area contributed by atoms with Crippen molar-refractivity contribution in [2.24, 2.45) is 0 Å². The third-order valence-corrected chi connectivity index (χ3v) is 3.25. The van der Waals surface area contributed by atoms with E-state index in [-0.39, 0.29) is 5.91 Å². The summed E-state index contributed by atoms with van der Waals surface area (Å²) in [6.45, 7) is 2.50. The Morgan fingerprint density at radius 1 is 1.26 bits per heavy atom. The molecule has 0 fully saturated rings. The first kappa shape index (κ1) is 13.6. The molecule has 1 aromatic carbocycles. The summed E-state index contributed by atoms with van der Waals surface area (Å²) in [7, 11) is 1.80. The van der Waals surface area contributed by atoms with Crippen molar-refractivity contribution >= 4 is 18.5 Å². The van der Waals surface area contributed by atoms with Crippen molar-refractivity contribution in [1.29, 1.82) is 0 Å². The Kier molecular flexibility index (Phi) is 4.22. The van der Waals surface area contributed by atoms with E-state index in [1.807, 2.05) is 37.3 Å². The minimum absolute atomic E-state index is 0.00483. The second kappa shape index (κ2) is 5.89. The molecule has 1 aromatic heterocycles. The van der Waals surface area contributed by atoms with Crippen LogP contribution in [0.1, 0.15) is 21.5 Å². The maximum Gasteiger partial charge on any atom is 0.254 e. The molecule has 98 valence electrons. The van der Waals surface area contributed by atoms with Crippen LogP contribution in [0.15, 0.2) is 47.6 Å². The second-order valence-electron chi connectivity index (χ2n) is 4.52. The summed E-state index contributed by atoms with van der Waals surface area (Å²) in [5.74, 6) is 0.00483. The topological polar surface area (TPSA) is 33.2 Å². The largest absolute Gasteiger partial charge is 0.337 e. The minimum atomic E-state index is 0.00483. The number of aryl methyl sites for hydroxylation is 1. The fraction of sp³-hybridized carbons (Fsp3) is 0.200. The lowest BCUT2D eigenvalue weighted by Gasteiger charge is -2.18. The number of carbonyl (C=O) groups is 1. The zero-order valence-electron chi connectivity index (χ0n) is 11.0. The van der Waals surface area contributed by atoms with E-state index in [4.69, 9.17) is 0 Å². The van der Waals surface area contributed by atoms with Crippen LogP contribution >= 0.6 is 12.6 Å². The van der Waals surface area contributed by atoms with Crippen LogP contribution in [0, 0.1) is 6.92 Å². The average Bonchev–Trinajstić information content (AvgIpc) is 2.42. The van der Waals surface area contributed by atoms with Gasteiger partial charge in [-0.3, -0.25) is 9.78 Å². The highest BCUT2D eigenvalue weighted by atomic mass is 32.1. The van der Waals surface area contributed by atoms with E-state index in [0.29, 0.717) is 12.1 Å². The average molecular weight is 272 g/mol. The number of thiol groups is 1. The highest BCUT2D eigenvalue weighted by Gasteiger charge is 2.14. The van der Waals surface area contributed by atoms with Gasteiger partial charge in [-0.05, 0) is 42.3 Å². The van der Waals surface area contributed by atoms with E-state index in [1.54, 1.807) is 24.3 Å². The maximum atomic E-state index is 12.4. The molecule has 1 heterocycles. The van der Waals surface area contributed by atoms with Gasteiger partial charge in [0.25, 0.3) is 5.91 Å². The Bertz CT molecular complexity index is 584. The minimum Gasteiger partial charge on any atom is -0.337 e. The van der Waals surface area contributed by atoms with Gasteiger partial charge in [0.2, 0.25) is 0 Å². The van der Waals surface area contributed by atoms with E-state index < -0.39 is 0 Å². The van der Waals surface area contributed by atoms with E-state index >= 15 is 0 Å². The smallest absolute Gasteiger partial charge is 0.254 e. The van der Waals surface area contributed by atoms with Crippen molar-refractivity contribution in [3.8, 4) is 0 Å². The number of hydrogen-bond acceptors (Lipinski definition) is 3. The summed E-state index contributed by atoms with van der Waals surface area (Å²) in [6, 6.07) is 9.43. The van der Waals surface area contributed by atoms with E-state index in [1.165, 1.54) is 0 Å². The molecule has 0 bridgehead atoms. The summed E-state index contributed by atoms with van der Waals surface area (Å²) < 4.78 is 0. The molecule has 4 heteroatoms. The lowest BCUT2D eigenvalue weighted by molar-refractivity contribution is 0.0784. The highest BCUT2D eigenvalue weighted by Crippen LogP contribution is 2.16. The Morgan fingerprint density at radius 2 is 1.95 bits per heavy atom. The molecule has 0 N–H and O–H groups in total. The van der Waals surface area contributed by atoms with Crippen molar-refractivity contribution in [3.05, 3.63) is 59.4 Å². The fourth-order valence-electron chi connectivity index (χ4n) is 1.88. The number of nitrogens with zero attached hydrogens (tertiary/aromatic N) is 2. The number of hydrogen-bond donors (Lipinski definition) is 1. The molecule has 1 amide bonds. The van der Waals surface area contributed by atoms with E-state index in [0.717, 1.165) is 16.0 Å². The highest BCUT2D eigenvalue weighted by molar-refractivity contribution is 7.80.